The quantitative estimate of drug-likeness (QED) is 0.278. The lowest BCUT2D eigenvalue weighted by Gasteiger charge is -2.38. The standard InChI is InChI=1S/C21H38O3Si/c1-8-9-10-13-18(24-25(6,7)21(2,3)4)16-15-17-12-11-14-19(17)20(22)23-5/h15-16,18H,8-14H2,1-7H3/b16-15+. The second kappa shape index (κ2) is 9.72. The van der Waals surface area contributed by atoms with Crippen molar-refractivity contribution in [3.63, 3.8) is 0 Å². The SMILES string of the molecule is CCCCCC(/C=C/C1=C(C(=O)OC)CCC1)O[Si](C)(C)C(C)(C)C. The first-order valence-electron chi connectivity index (χ1n) is 9.78. The van der Waals surface area contributed by atoms with E-state index in [2.05, 4.69) is 52.9 Å². The molecule has 1 unspecified atom stereocenters. The molecule has 1 rings (SSSR count). The number of carbonyl (C=O) groups is 1. The van der Waals surface area contributed by atoms with Gasteiger partial charge in [0, 0.05) is 5.57 Å². The number of methoxy groups -OCH3 is 1. The third-order valence-electron chi connectivity index (χ3n) is 5.55. The molecule has 1 aliphatic carbocycles. The Balaban J connectivity index is 2.91. The summed E-state index contributed by atoms with van der Waals surface area (Å²) < 4.78 is 11.6. The number of esters is 1. The molecule has 0 aromatic rings. The second-order valence-electron chi connectivity index (χ2n) is 8.62. The summed E-state index contributed by atoms with van der Waals surface area (Å²) in [6.45, 7) is 13.7. The summed E-state index contributed by atoms with van der Waals surface area (Å²) in [5.74, 6) is -0.176. The molecule has 0 amide bonds. The van der Waals surface area contributed by atoms with Gasteiger partial charge in [-0.15, -0.1) is 0 Å². The van der Waals surface area contributed by atoms with Gasteiger partial charge < -0.3 is 9.16 Å². The lowest BCUT2D eigenvalue weighted by atomic mass is 10.1. The van der Waals surface area contributed by atoms with Gasteiger partial charge in [-0.1, -0.05) is 59.1 Å². The molecule has 0 aromatic carbocycles. The van der Waals surface area contributed by atoms with E-state index < -0.39 is 8.32 Å². The maximum atomic E-state index is 11.9. The number of allylic oxidation sites excluding steroid dienone is 2. The number of unbranched alkanes of at least 4 members (excludes halogenated alkanes) is 2. The van der Waals surface area contributed by atoms with E-state index >= 15 is 0 Å². The number of hydrogen-bond acceptors (Lipinski definition) is 3. The molecule has 4 heteroatoms. The van der Waals surface area contributed by atoms with Crippen molar-refractivity contribution in [2.24, 2.45) is 0 Å². The van der Waals surface area contributed by atoms with Crippen LogP contribution in [0, 0.1) is 0 Å². The molecule has 0 saturated heterocycles. The Morgan fingerprint density at radius 2 is 1.92 bits per heavy atom. The van der Waals surface area contributed by atoms with Crippen molar-refractivity contribution >= 4 is 14.3 Å². The number of ether oxygens (including phenoxy) is 1. The first-order chi connectivity index (χ1) is 11.6. The second-order valence-corrected chi connectivity index (χ2v) is 13.4. The first-order valence-corrected chi connectivity index (χ1v) is 12.7. The molecular formula is C21H38O3Si. The summed E-state index contributed by atoms with van der Waals surface area (Å²) in [6.07, 6.45) is 12.0. The smallest absolute Gasteiger partial charge is 0.333 e. The minimum Gasteiger partial charge on any atom is -0.466 e. The maximum Gasteiger partial charge on any atom is 0.333 e. The van der Waals surface area contributed by atoms with Crippen LogP contribution in [0.4, 0.5) is 0 Å². The normalized spacial score (nSPS) is 17.4. The zero-order chi connectivity index (χ0) is 19.1. The molecule has 0 saturated carbocycles. The van der Waals surface area contributed by atoms with Crippen LogP contribution in [0.2, 0.25) is 18.1 Å². The lowest BCUT2D eigenvalue weighted by molar-refractivity contribution is -0.136. The van der Waals surface area contributed by atoms with E-state index in [-0.39, 0.29) is 17.1 Å². The van der Waals surface area contributed by atoms with E-state index in [4.69, 9.17) is 9.16 Å². The molecule has 3 nitrogen and oxygen atoms in total. The summed E-state index contributed by atoms with van der Waals surface area (Å²) in [6, 6.07) is 0. The van der Waals surface area contributed by atoms with E-state index in [1.54, 1.807) is 0 Å². The fourth-order valence-corrected chi connectivity index (χ4v) is 4.18. The van der Waals surface area contributed by atoms with Crippen molar-refractivity contribution in [2.75, 3.05) is 7.11 Å². The topological polar surface area (TPSA) is 35.5 Å². The van der Waals surface area contributed by atoms with Gasteiger partial charge in [-0.3, -0.25) is 0 Å². The molecule has 0 radical (unpaired) electrons. The minimum absolute atomic E-state index is 0.138. The Labute approximate surface area is 156 Å². The summed E-state index contributed by atoms with van der Waals surface area (Å²) >= 11 is 0. The summed E-state index contributed by atoms with van der Waals surface area (Å²) in [5, 5.41) is 0.202. The van der Waals surface area contributed by atoms with E-state index in [1.165, 1.54) is 26.4 Å². The highest BCUT2D eigenvalue weighted by Crippen LogP contribution is 2.38. The average Bonchev–Trinajstić information content (AvgIpc) is 2.99. The molecule has 0 aromatic heterocycles. The molecule has 0 N–H and O–H groups in total. The molecule has 0 aliphatic heterocycles. The number of rotatable bonds is 9. The third kappa shape index (κ3) is 6.74. The minimum atomic E-state index is -1.81. The molecule has 25 heavy (non-hydrogen) atoms. The molecule has 1 atom stereocenters. The third-order valence-corrected chi connectivity index (χ3v) is 10.1. The zero-order valence-corrected chi connectivity index (χ0v) is 18.4. The molecule has 0 heterocycles. The van der Waals surface area contributed by atoms with Gasteiger partial charge >= 0.3 is 5.97 Å². The number of hydrogen-bond donors (Lipinski definition) is 0. The van der Waals surface area contributed by atoms with Gasteiger partial charge in [-0.05, 0) is 49.4 Å². The van der Waals surface area contributed by atoms with Crippen LogP contribution in [-0.4, -0.2) is 27.5 Å². The van der Waals surface area contributed by atoms with Crippen LogP contribution in [0.25, 0.3) is 0 Å². The van der Waals surface area contributed by atoms with Crippen LogP contribution in [0.3, 0.4) is 0 Å². The van der Waals surface area contributed by atoms with Gasteiger partial charge in [0.05, 0.1) is 13.2 Å². The largest absolute Gasteiger partial charge is 0.466 e. The zero-order valence-electron chi connectivity index (χ0n) is 17.4. The fraction of sp³-hybridized carbons (Fsp3) is 0.762. The van der Waals surface area contributed by atoms with Crippen molar-refractivity contribution < 1.29 is 14.0 Å². The van der Waals surface area contributed by atoms with Crippen molar-refractivity contribution in [2.45, 2.75) is 96.9 Å². The molecule has 1 aliphatic rings. The van der Waals surface area contributed by atoms with Gasteiger partial charge in [0.2, 0.25) is 0 Å². The Morgan fingerprint density at radius 3 is 2.48 bits per heavy atom. The van der Waals surface area contributed by atoms with Crippen molar-refractivity contribution in [1.82, 2.24) is 0 Å². The average molecular weight is 367 g/mol. The maximum absolute atomic E-state index is 11.9. The van der Waals surface area contributed by atoms with Crippen LogP contribution in [-0.2, 0) is 14.0 Å². The van der Waals surface area contributed by atoms with Gasteiger partial charge in [0.25, 0.3) is 0 Å². The predicted molar refractivity (Wildman–Crippen MR) is 108 cm³/mol. The van der Waals surface area contributed by atoms with Crippen LogP contribution >= 0.6 is 0 Å². The lowest BCUT2D eigenvalue weighted by Crippen LogP contribution is -2.43. The van der Waals surface area contributed by atoms with Gasteiger partial charge in [-0.2, -0.15) is 0 Å². The molecule has 0 fully saturated rings. The van der Waals surface area contributed by atoms with Crippen LogP contribution in [0.5, 0.6) is 0 Å². The summed E-state index contributed by atoms with van der Waals surface area (Å²) in [4.78, 5) is 11.9. The Bertz CT molecular complexity index is 498. The van der Waals surface area contributed by atoms with Crippen LogP contribution in [0.15, 0.2) is 23.3 Å². The molecule has 0 bridgehead atoms. The van der Waals surface area contributed by atoms with Crippen LogP contribution < -0.4 is 0 Å². The fourth-order valence-electron chi connectivity index (χ4n) is 2.88. The van der Waals surface area contributed by atoms with Crippen molar-refractivity contribution in [3.8, 4) is 0 Å². The van der Waals surface area contributed by atoms with E-state index in [1.807, 2.05) is 0 Å². The van der Waals surface area contributed by atoms with Crippen molar-refractivity contribution in [3.05, 3.63) is 23.3 Å². The van der Waals surface area contributed by atoms with Gasteiger partial charge in [-0.25, -0.2) is 4.79 Å². The van der Waals surface area contributed by atoms with Crippen LogP contribution in [0.1, 0.15) is 72.6 Å². The predicted octanol–water partition coefficient (Wildman–Crippen LogP) is 6.17. The van der Waals surface area contributed by atoms with Crippen molar-refractivity contribution in [1.29, 1.82) is 0 Å². The Morgan fingerprint density at radius 1 is 1.24 bits per heavy atom. The van der Waals surface area contributed by atoms with Gasteiger partial charge in [0.1, 0.15) is 0 Å². The van der Waals surface area contributed by atoms with Gasteiger partial charge in [0.15, 0.2) is 8.32 Å². The summed E-state index contributed by atoms with van der Waals surface area (Å²) in [7, 11) is -0.348. The Kier molecular flexibility index (Phi) is 8.62. The molecule has 0 spiro atoms. The molecule has 144 valence electrons. The highest BCUT2D eigenvalue weighted by atomic mass is 28.4. The molecular weight excluding hydrogens is 328 g/mol. The first kappa shape index (κ1) is 22.2. The highest BCUT2D eigenvalue weighted by molar-refractivity contribution is 6.74. The van der Waals surface area contributed by atoms with E-state index in [9.17, 15) is 4.79 Å². The monoisotopic (exact) mass is 366 g/mol. The highest BCUT2D eigenvalue weighted by Gasteiger charge is 2.38. The number of carbonyl (C=O) groups excluding carboxylic acids is 1. The summed E-state index contributed by atoms with van der Waals surface area (Å²) in [5.41, 5.74) is 1.98. The van der Waals surface area contributed by atoms with E-state index in [0.29, 0.717) is 0 Å². The Hall–Kier alpha value is -0.873. The van der Waals surface area contributed by atoms with E-state index in [0.717, 1.165) is 36.8 Å².